The number of aryl methyl sites for hydroxylation is 1. The van der Waals surface area contributed by atoms with Crippen molar-refractivity contribution in [3.05, 3.63) is 34.9 Å². The van der Waals surface area contributed by atoms with Crippen LogP contribution in [0.25, 0.3) is 0 Å². The van der Waals surface area contributed by atoms with Gasteiger partial charge in [0.1, 0.15) is 0 Å². The number of halogens is 1. The summed E-state index contributed by atoms with van der Waals surface area (Å²) in [6, 6.07) is 7.06. The normalized spacial score (nSPS) is 19.3. The molecule has 1 aliphatic carbocycles. The van der Waals surface area contributed by atoms with Crippen molar-refractivity contribution in [2.45, 2.75) is 38.6 Å². The van der Waals surface area contributed by atoms with E-state index in [2.05, 4.69) is 32.0 Å². The predicted octanol–water partition coefficient (Wildman–Crippen LogP) is 3.18. The molecule has 1 atom stereocenters. The molecule has 0 aromatic heterocycles. The van der Waals surface area contributed by atoms with Crippen LogP contribution in [0, 0.1) is 0 Å². The van der Waals surface area contributed by atoms with Crippen LogP contribution in [0.4, 0.5) is 0 Å². The van der Waals surface area contributed by atoms with Crippen LogP contribution in [0.15, 0.2) is 18.2 Å². The number of nitrogens with two attached hydrogens (primary N) is 1. The number of hydrogen-bond donors (Lipinski definition) is 1. The number of rotatable bonds is 1. The van der Waals surface area contributed by atoms with E-state index in [1.54, 1.807) is 0 Å². The fourth-order valence-corrected chi connectivity index (χ4v) is 2.01. The van der Waals surface area contributed by atoms with Gasteiger partial charge in [0.2, 0.25) is 0 Å². The molecule has 0 aliphatic heterocycles. The number of benzene rings is 1. The van der Waals surface area contributed by atoms with E-state index >= 15 is 0 Å². The third-order valence-electron chi connectivity index (χ3n) is 2.96. The van der Waals surface area contributed by atoms with E-state index in [1.807, 2.05) is 0 Å². The zero-order valence-electron chi connectivity index (χ0n) is 8.79. The minimum atomic E-state index is 0. The Morgan fingerprint density at radius 2 is 2.07 bits per heavy atom. The molecule has 0 heterocycles. The minimum absolute atomic E-state index is 0. The van der Waals surface area contributed by atoms with Crippen molar-refractivity contribution in [1.29, 1.82) is 0 Å². The Kier molecular flexibility index (Phi) is 3.57. The smallest absolute Gasteiger partial charge is 0.0300 e. The molecule has 2 heteroatoms. The van der Waals surface area contributed by atoms with E-state index in [0.29, 0.717) is 5.92 Å². The lowest BCUT2D eigenvalue weighted by atomic mass is 9.98. The van der Waals surface area contributed by atoms with Gasteiger partial charge in [0.15, 0.2) is 0 Å². The molecule has 78 valence electrons. The van der Waals surface area contributed by atoms with E-state index in [9.17, 15) is 0 Å². The Balaban J connectivity index is 0.000000980. The van der Waals surface area contributed by atoms with E-state index in [4.69, 9.17) is 5.73 Å². The molecule has 0 amide bonds. The van der Waals surface area contributed by atoms with Crippen molar-refractivity contribution in [2.24, 2.45) is 5.73 Å². The SMILES string of the molecule is CC(C)c1ccc2c(c1)C(N)CC2.Cl. The number of fused-ring (bicyclic) bond motifs is 1. The molecule has 0 saturated heterocycles. The van der Waals surface area contributed by atoms with Crippen LogP contribution in [0.3, 0.4) is 0 Å². The van der Waals surface area contributed by atoms with Crippen LogP contribution in [-0.2, 0) is 6.42 Å². The van der Waals surface area contributed by atoms with Gasteiger partial charge in [0.05, 0.1) is 0 Å². The fraction of sp³-hybridized carbons (Fsp3) is 0.500. The molecule has 1 nitrogen and oxygen atoms in total. The molecule has 2 N–H and O–H groups in total. The minimum Gasteiger partial charge on any atom is -0.324 e. The first-order chi connectivity index (χ1) is 6.18. The van der Waals surface area contributed by atoms with Crippen LogP contribution >= 0.6 is 12.4 Å². The third kappa shape index (κ3) is 1.94. The molecule has 1 aromatic carbocycles. The Morgan fingerprint density at radius 3 is 2.71 bits per heavy atom. The van der Waals surface area contributed by atoms with Gasteiger partial charge in [-0.15, -0.1) is 12.4 Å². The first-order valence-electron chi connectivity index (χ1n) is 5.07. The van der Waals surface area contributed by atoms with Crippen molar-refractivity contribution in [3.8, 4) is 0 Å². The molecular formula is C12H18ClN. The quantitative estimate of drug-likeness (QED) is 0.759. The maximum absolute atomic E-state index is 6.02. The Morgan fingerprint density at radius 1 is 1.36 bits per heavy atom. The van der Waals surface area contributed by atoms with Crippen LogP contribution in [-0.4, -0.2) is 0 Å². The Bertz CT molecular complexity index is 320. The van der Waals surface area contributed by atoms with Gasteiger partial charge in [-0.2, -0.15) is 0 Å². The molecule has 0 radical (unpaired) electrons. The van der Waals surface area contributed by atoms with E-state index in [1.165, 1.54) is 16.7 Å². The van der Waals surface area contributed by atoms with Crippen molar-refractivity contribution in [3.63, 3.8) is 0 Å². The second-order valence-electron chi connectivity index (χ2n) is 4.26. The van der Waals surface area contributed by atoms with Gasteiger partial charge in [-0.1, -0.05) is 32.0 Å². The molecule has 14 heavy (non-hydrogen) atoms. The summed E-state index contributed by atoms with van der Waals surface area (Å²) >= 11 is 0. The molecule has 0 fully saturated rings. The van der Waals surface area contributed by atoms with E-state index < -0.39 is 0 Å². The molecular weight excluding hydrogens is 194 g/mol. The summed E-state index contributed by atoms with van der Waals surface area (Å²) in [6.07, 6.45) is 2.28. The van der Waals surface area contributed by atoms with E-state index in [-0.39, 0.29) is 18.4 Å². The summed E-state index contributed by atoms with van der Waals surface area (Å²) in [5.74, 6) is 0.609. The van der Waals surface area contributed by atoms with Gasteiger partial charge in [-0.05, 0) is 35.4 Å². The van der Waals surface area contributed by atoms with Gasteiger partial charge < -0.3 is 5.73 Å². The first-order valence-corrected chi connectivity index (χ1v) is 5.07. The summed E-state index contributed by atoms with van der Waals surface area (Å²) in [4.78, 5) is 0. The lowest BCUT2D eigenvalue weighted by molar-refractivity contribution is 0.712. The monoisotopic (exact) mass is 211 g/mol. The summed E-state index contributed by atoms with van der Waals surface area (Å²) in [5, 5.41) is 0. The lowest BCUT2D eigenvalue weighted by Crippen LogP contribution is -2.05. The van der Waals surface area contributed by atoms with Crippen LogP contribution < -0.4 is 5.73 Å². The second-order valence-corrected chi connectivity index (χ2v) is 4.26. The van der Waals surface area contributed by atoms with E-state index in [0.717, 1.165) is 12.8 Å². The largest absolute Gasteiger partial charge is 0.324 e. The molecule has 0 saturated carbocycles. The zero-order chi connectivity index (χ0) is 9.42. The Labute approximate surface area is 92.1 Å². The number of hydrogen-bond acceptors (Lipinski definition) is 1. The zero-order valence-corrected chi connectivity index (χ0v) is 9.60. The fourth-order valence-electron chi connectivity index (χ4n) is 2.01. The first kappa shape index (κ1) is 11.5. The van der Waals surface area contributed by atoms with Crippen LogP contribution in [0.2, 0.25) is 0 Å². The standard InChI is InChI=1S/C12H17N.ClH/c1-8(2)10-4-3-9-5-6-12(13)11(9)7-10;/h3-4,7-8,12H,5-6,13H2,1-2H3;1H. The molecule has 0 bridgehead atoms. The highest BCUT2D eigenvalue weighted by atomic mass is 35.5. The predicted molar refractivity (Wildman–Crippen MR) is 63.0 cm³/mol. The average Bonchev–Trinajstić information content (AvgIpc) is 2.47. The van der Waals surface area contributed by atoms with Crippen molar-refractivity contribution >= 4 is 12.4 Å². The molecule has 2 rings (SSSR count). The van der Waals surface area contributed by atoms with Gasteiger partial charge in [0, 0.05) is 6.04 Å². The summed E-state index contributed by atoms with van der Waals surface area (Å²) in [7, 11) is 0. The van der Waals surface area contributed by atoms with Gasteiger partial charge in [0.25, 0.3) is 0 Å². The Hall–Kier alpha value is -0.530. The van der Waals surface area contributed by atoms with Crippen molar-refractivity contribution in [1.82, 2.24) is 0 Å². The highest BCUT2D eigenvalue weighted by molar-refractivity contribution is 5.85. The molecule has 1 aliphatic rings. The van der Waals surface area contributed by atoms with Gasteiger partial charge in [-0.3, -0.25) is 0 Å². The van der Waals surface area contributed by atoms with Crippen LogP contribution in [0.1, 0.15) is 48.9 Å². The average molecular weight is 212 g/mol. The van der Waals surface area contributed by atoms with Crippen LogP contribution in [0.5, 0.6) is 0 Å². The summed E-state index contributed by atoms with van der Waals surface area (Å²) < 4.78 is 0. The highest BCUT2D eigenvalue weighted by Crippen LogP contribution is 2.31. The summed E-state index contributed by atoms with van der Waals surface area (Å²) in [6.45, 7) is 4.45. The van der Waals surface area contributed by atoms with Gasteiger partial charge in [-0.25, -0.2) is 0 Å². The summed E-state index contributed by atoms with van der Waals surface area (Å²) in [5.41, 5.74) is 10.3. The molecule has 1 aromatic rings. The second kappa shape index (κ2) is 4.33. The molecule has 0 spiro atoms. The maximum Gasteiger partial charge on any atom is 0.0300 e. The maximum atomic E-state index is 6.02. The van der Waals surface area contributed by atoms with Crippen molar-refractivity contribution in [2.75, 3.05) is 0 Å². The van der Waals surface area contributed by atoms with Gasteiger partial charge >= 0.3 is 0 Å². The molecule has 1 unspecified atom stereocenters. The van der Waals surface area contributed by atoms with Crippen molar-refractivity contribution < 1.29 is 0 Å². The highest BCUT2D eigenvalue weighted by Gasteiger charge is 2.19. The topological polar surface area (TPSA) is 26.0 Å². The third-order valence-corrected chi connectivity index (χ3v) is 2.96. The lowest BCUT2D eigenvalue weighted by Gasteiger charge is -2.10.